The van der Waals surface area contributed by atoms with Crippen molar-refractivity contribution >= 4 is 5.97 Å². The molecule has 0 bridgehead atoms. The first kappa shape index (κ1) is 9.00. The van der Waals surface area contributed by atoms with E-state index in [1.165, 1.54) is 0 Å². The largest absolute Gasteiger partial charge is 0.481 e. The Bertz CT molecular complexity index is 226. The summed E-state index contributed by atoms with van der Waals surface area (Å²) in [6.07, 6.45) is 3.68. The lowest BCUT2D eigenvalue weighted by atomic mass is 9.85. The molecule has 74 valence electrons. The van der Waals surface area contributed by atoms with Crippen LogP contribution in [0.4, 0.5) is 0 Å². The van der Waals surface area contributed by atoms with E-state index in [2.05, 4.69) is 6.92 Å². The average molecular weight is 184 g/mol. The Kier molecular flexibility index (Phi) is 2.06. The summed E-state index contributed by atoms with van der Waals surface area (Å²) >= 11 is 0. The lowest BCUT2D eigenvalue weighted by molar-refractivity contribution is -0.148. The fourth-order valence-electron chi connectivity index (χ4n) is 2.82. The highest BCUT2D eigenvalue weighted by molar-refractivity contribution is 5.72. The van der Waals surface area contributed by atoms with Gasteiger partial charge in [0.25, 0.3) is 0 Å². The second-order valence-corrected chi connectivity index (χ2v) is 4.44. The zero-order valence-corrected chi connectivity index (χ0v) is 7.95. The molecule has 13 heavy (non-hydrogen) atoms. The van der Waals surface area contributed by atoms with Gasteiger partial charge in [0.15, 0.2) is 0 Å². The van der Waals surface area contributed by atoms with Gasteiger partial charge in [-0.3, -0.25) is 4.79 Å². The number of carboxylic acids is 1. The Hall–Kier alpha value is -0.570. The standard InChI is InChI=1S/C10H16O3/c1-7-2-4-10(6-7)8(9(11)12)3-5-13-10/h7-8H,2-6H2,1H3,(H,11,12). The van der Waals surface area contributed by atoms with E-state index in [0.717, 1.165) is 19.3 Å². The second kappa shape index (κ2) is 2.98. The van der Waals surface area contributed by atoms with E-state index in [-0.39, 0.29) is 11.5 Å². The third-order valence-electron chi connectivity index (χ3n) is 3.48. The molecule has 1 heterocycles. The van der Waals surface area contributed by atoms with Crippen molar-refractivity contribution in [3.05, 3.63) is 0 Å². The average Bonchev–Trinajstić information content (AvgIpc) is 2.60. The minimum atomic E-state index is -0.674. The lowest BCUT2D eigenvalue weighted by Crippen LogP contribution is -2.37. The number of hydrogen-bond acceptors (Lipinski definition) is 2. The van der Waals surface area contributed by atoms with E-state index in [9.17, 15) is 4.79 Å². The molecule has 1 aliphatic heterocycles. The van der Waals surface area contributed by atoms with Crippen LogP contribution in [-0.4, -0.2) is 23.3 Å². The van der Waals surface area contributed by atoms with Crippen LogP contribution in [0.5, 0.6) is 0 Å². The van der Waals surface area contributed by atoms with Crippen LogP contribution in [0.3, 0.4) is 0 Å². The van der Waals surface area contributed by atoms with E-state index in [1.807, 2.05) is 0 Å². The van der Waals surface area contributed by atoms with Crippen molar-refractivity contribution in [2.24, 2.45) is 11.8 Å². The normalized spacial score (nSPS) is 44.4. The highest BCUT2D eigenvalue weighted by Crippen LogP contribution is 2.47. The van der Waals surface area contributed by atoms with Gasteiger partial charge in [0, 0.05) is 6.61 Å². The van der Waals surface area contributed by atoms with Crippen molar-refractivity contribution in [3.8, 4) is 0 Å². The van der Waals surface area contributed by atoms with E-state index >= 15 is 0 Å². The maximum Gasteiger partial charge on any atom is 0.309 e. The van der Waals surface area contributed by atoms with E-state index in [0.29, 0.717) is 18.9 Å². The van der Waals surface area contributed by atoms with Crippen LogP contribution in [0.15, 0.2) is 0 Å². The number of hydrogen-bond donors (Lipinski definition) is 1. The SMILES string of the molecule is CC1CCC2(C1)OCCC2C(=O)O. The monoisotopic (exact) mass is 184 g/mol. The minimum absolute atomic E-state index is 0.252. The Balaban J connectivity index is 2.16. The van der Waals surface area contributed by atoms with Crippen molar-refractivity contribution in [1.29, 1.82) is 0 Å². The molecule has 0 radical (unpaired) electrons. The summed E-state index contributed by atoms with van der Waals surface area (Å²) in [7, 11) is 0. The van der Waals surface area contributed by atoms with Gasteiger partial charge in [0.05, 0.1) is 11.5 Å². The molecule has 3 heteroatoms. The zero-order valence-electron chi connectivity index (χ0n) is 7.95. The molecule has 1 spiro atoms. The Morgan fingerprint density at radius 2 is 2.31 bits per heavy atom. The van der Waals surface area contributed by atoms with Crippen LogP contribution in [0.25, 0.3) is 0 Å². The van der Waals surface area contributed by atoms with E-state index in [4.69, 9.17) is 9.84 Å². The van der Waals surface area contributed by atoms with Crippen molar-refractivity contribution < 1.29 is 14.6 Å². The van der Waals surface area contributed by atoms with E-state index < -0.39 is 5.97 Å². The number of rotatable bonds is 1. The first-order chi connectivity index (χ1) is 6.14. The molecule has 1 saturated carbocycles. The fraction of sp³-hybridized carbons (Fsp3) is 0.900. The Labute approximate surface area is 78.1 Å². The van der Waals surface area contributed by atoms with Crippen LogP contribution in [-0.2, 0) is 9.53 Å². The molecule has 2 fully saturated rings. The van der Waals surface area contributed by atoms with Gasteiger partial charge in [-0.25, -0.2) is 0 Å². The van der Waals surface area contributed by atoms with Crippen LogP contribution in [0.1, 0.15) is 32.6 Å². The molecule has 3 nitrogen and oxygen atoms in total. The molecule has 1 N–H and O–H groups in total. The van der Waals surface area contributed by atoms with Crippen LogP contribution < -0.4 is 0 Å². The second-order valence-electron chi connectivity index (χ2n) is 4.44. The van der Waals surface area contributed by atoms with Crippen molar-refractivity contribution in [3.63, 3.8) is 0 Å². The smallest absolute Gasteiger partial charge is 0.309 e. The van der Waals surface area contributed by atoms with Crippen LogP contribution in [0.2, 0.25) is 0 Å². The number of carboxylic acid groups (broad SMARTS) is 1. The topological polar surface area (TPSA) is 46.5 Å². The molecule has 0 aromatic heterocycles. The van der Waals surface area contributed by atoms with Crippen molar-refractivity contribution in [1.82, 2.24) is 0 Å². The van der Waals surface area contributed by atoms with Gasteiger partial charge in [-0.05, 0) is 31.6 Å². The van der Waals surface area contributed by atoms with Crippen LogP contribution >= 0.6 is 0 Å². The van der Waals surface area contributed by atoms with Crippen LogP contribution in [0, 0.1) is 11.8 Å². The Morgan fingerprint density at radius 1 is 1.54 bits per heavy atom. The molecule has 3 atom stereocenters. The number of carbonyl (C=O) groups is 1. The highest BCUT2D eigenvalue weighted by atomic mass is 16.5. The number of aliphatic carboxylic acids is 1. The molecule has 0 amide bonds. The highest BCUT2D eigenvalue weighted by Gasteiger charge is 2.51. The quantitative estimate of drug-likeness (QED) is 0.674. The predicted octanol–water partition coefficient (Wildman–Crippen LogP) is 1.67. The molecule has 2 rings (SSSR count). The third kappa shape index (κ3) is 1.35. The van der Waals surface area contributed by atoms with Gasteiger partial charge in [0.1, 0.15) is 0 Å². The summed E-state index contributed by atoms with van der Waals surface area (Å²) < 4.78 is 5.66. The molecule has 0 aromatic carbocycles. The van der Waals surface area contributed by atoms with Gasteiger partial charge in [-0.1, -0.05) is 6.92 Å². The third-order valence-corrected chi connectivity index (χ3v) is 3.48. The summed E-state index contributed by atoms with van der Waals surface area (Å²) in [4.78, 5) is 11.0. The first-order valence-electron chi connectivity index (χ1n) is 5.01. The fourth-order valence-corrected chi connectivity index (χ4v) is 2.82. The maximum atomic E-state index is 11.0. The summed E-state index contributed by atoms with van der Waals surface area (Å²) in [5.41, 5.74) is -0.300. The maximum absolute atomic E-state index is 11.0. The zero-order chi connectivity index (χ0) is 9.47. The molecular formula is C10H16O3. The van der Waals surface area contributed by atoms with Gasteiger partial charge in [0.2, 0.25) is 0 Å². The Morgan fingerprint density at radius 3 is 2.85 bits per heavy atom. The molecule has 2 aliphatic rings. The van der Waals surface area contributed by atoms with Gasteiger partial charge in [-0.15, -0.1) is 0 Å². The molecule has 3 unspecified atom stereocenters. The van der Waals surface area contributed by atoms with Gasteiger partial charge >= 0.3 is 5.97 Å². The minimum Gasteiger partial charge on any atom is -0.481 e. The molecule has 0 aromatic rings. The molecule has 1 saturated heterocycles. The molecule has 1 aliphatic carbocycles. The molecular weight excluding hydrogens is 168 g/mol. The van der Waals surface area contributed by atoms with E-state index in [1.54, 1.807) is 0 Å². The predicted molar refractivity (Wildman–Crippen MR) is 47.4 cm³/mol. The first-order valence-corrected chi connectivity index (χ1v) is 5.01. The van der Waals surface area contributed by atoms with Gasteiger partial charge < -0.3 is 9.84 Å². The van der Waals surface area contributed by atoms with Gasteiger partial charge in [-0.2, -0.15) is 0 Å². The summed E-state index contributed by atoms with van der Waals surface area (Å²) in [6, 6.07) is 0. The summed E-state index contributed by atoms with van der Waals surface area (Å²) in [5, 5.41) is 9.05. The lowest BCUT2D eigenvalue weighted by Gasteiger charge is -2.27. The van der Waals surface area contributed by atoms with Crippen molar-refractivity contribution in [2.45, 2.75) is 38.2 Å². The van der Waals surface area contributed by atoms with Crippen molar-refractivity contribution in [2.75, 3.05) is 6.61 Å². The number of ether oxygens (including phenoxy) is 1. The summed E-state index contributed by atoms with van der Waals surface area (Å²) in [5.74, 6) is -0.302. The summed E-state index contributed by atoms with van der Waals surface area (Å²) in [6.45, 7) is 2.80.